The fourth-order valence-electron chi connectivity index (χ4n) is 2.46. The van der Waals surface area contributed by atoms with E-state index in [4.69, 9.17) is 9.52 Å². The van der Waals surface area contributed by atoms with Gasteiger partial charge in [-0.2, -0.15) is 0 Å². The summed E-state index contributed by atoms with van der Waals surface area (Å²) in [6.07, 6.45) is 1.86. The standard InChI is InChI=1S/C13H18N2O6S/c1-8-9(6-11(21-8)22(19,20)14-2)12(18)15-13(4-3-5-13)7-10(16)17/h6,14H,3-5,7H2,1-2H3,(H,15,18)(H,16,17). The fraction of sp³-hybridized carbons (Fsp3) is 0.538. The van der Waals surface area contributed by atoms with Crippen molar-refractivity contribution in [1.29, 1.82) is 0 Å². The first-order chi connectivity index (χ1) is 10.2. The zero-order valence-electron chi connectivity index (χ0n) is 12.3. The number of carbonyl (C=O) groups is 2. The van der Waals surface area contributed by atoms with Gasteiger partial charge in [0.15, 0.2) is 0 Å². The second kappa shape index (κ2) is 5.73. The largest absolute Gasteiger partial charge is 0.481 e. The van der Waals surface area contributed by atoms with Crippen LogP contribution in [0, 0.1) is 6.92 Å². The highest BCUT2D eigenvalue weighted by Gasteiger charge is 2.41. The van der Waals surface area contributed by atoms with Crippen molar-refractivity contribution in [1.82, 2.24) is 10.0 Å². The van der Waals surface area contributed by atoms with Crippen molar-refractivity contribution in [2.24, 2.45) is 0 Å². The van der Waals surface area contributed by atoms with Gasteiger partial charge in [-0.05, 0) is 33.2 Å². The zero-order chi connectivity index (χ0) is 16.5. The molecule has 1 heterocycles. The number of sulfonamides is 1. The molecule has 1 aromatic heterocycles. The Morgan fingerprint density at radius 3 is 2.50 bits per heavy atom. The number of carbonyl (C=O) groups excluding carboxylic acids is 1. The highest BCUT2D eigenvalue weighted by molar-refractivity contribution is 7.89. The molecule has 1 aliphatic rings. The van der Waals surface area contributed by atoms with Gasteiger partial charge in [0.05, 0.1) is 17.5 Å². The number of furan rings is 1. The molecule has 0 aliphatic heterocycles. The third-order valence-electron chi connectivity index (χ3n) is 3.85. The van der Waals surface area contributed by atoms with Crippen molar-refractivity contribution in [2.45, 2.75) is 43.2 Å². The minimum absolute atomic E-state index is 0.0884. The first-order valence-electron chi connectivity index (χ1n) is 6.77. The van der Waals surface area contributed by atoms with Crippen molar-refractivity contribution < 1.29 is 27.5 Å². The number of amides is 1. The van der Waals surface area contributed by atoms with Crippen LogP contribution < -0.4 is 10.0 Å². The molecule has 122 valence electrons. The van der Waals surface area contributed by atoms with Crippen molar-refractivity contribution in [3.8, 4) is 0 Å². The van der Waals surface area contributed by atoms with Crippen molar-refractivity contribution in [2.75, 3.05) is 7.05 Å². The van der Waals surface area contributed by atoms with E-state index in [0.29, 0.717) is 12.8 Å². The maximum absolute atomic E-state index is 12.3. The lowest BCUT2D eigenvalue weighted by Crippen LogP contribution is -2.54. The molecule has 22 heavy (non-hydrogen) atoms. The van der Waals surface area contributed by atoms with E-state index < -0.39 is 27.4 Å². The minimum atomic E-state index is -3.78. The van der Waals surface area contributed by atoms with E-state index in [1.807, 2.05) is 0 Å². The van der Waals surface area contributed by atoms with Crippen LogP contribution in [0.3, 0.4) is 0 Å². The molecule has 9 heteroatoms. The summed E-state index contributed by atoms with van der Waals surface area (Å²) in [5.74, 6) is -1.35. The van der Waals surface area contributed by atoms with E-state index in [1.165, 1.54) is 14.0 Å². The van der Waals surface area contributed by atoms with E-state index in [2.05, 4.69) is 10.0 Å². The maximum Gasteiger partial charge on any atom is 0.305 e. The van der Waals surface area contributed by atoms with E-state index >= 15 is 0 Å². The number of aliphatic carboxylic acids is 1. The normalized spacial score (nSPS) is 16.8. The lowest BCUT2D eigenvalue weighted by Gasteiger charge is -2.41. The van der Waals surface area contributed by atoms with E-state index in [1.54, 1.807) is 0 Å². The summed E-state index contributed by atoms with van der Waals surface area (Å²) in [7, 11) is -2.54. The van der Waals surface area contributed by atoms with Crippen LogP contribution in [0.4, 0.5) is 0 Å². The minimum Gasteiger partial charge on any atom is -0.481 e. The van der Waals surface area contributed by atoms with Gasteiger partial charge in [-0.1, -0.05) is 0 Å². The van der Waals surface area contributed by atoms with Crippen LogP contribution in [0.2, 0.25) is 0 Å². The van der Waals surface area contributed by atoms with Crippen LogP contribution in [-0.4, -0.2) is 38.0 Å². The molecule has 2 rings (SSSR count). The third-order valence-corrected chi connectivity index (χ3v) is 5.12. The smallest absolute Gasteiger partial charge is 0.305 e. The summed E-state index contributed by atoms with van der Waals surface area (Å²) in [5.41, 5.74) is -0.667. The Bertz CT molecular complexity index is 702. The van der Waals surface area contributed by atoms with E-state index in [9.17, 15) is 18.0 Å². The molecule has 1 aromatic rings. The molecule has 8 nitrogen and oxygen atoms in total. The van der Waals surface area contributed by atoms with Crippen LogP contribution in [0.5, 0.6) is 0 Å². The van der Waals surface area contributed by atoms with Gasteiger partial charge in [-0.15, -0.1) is 0 Å². The molecule has 0 radical (unpaired) electrons. The predicted octanol–water partition coefficient (Wildman–Crippen LogP) is 0.623. The maximum atomic E-state index is 12.3. The number of hydrogen-bond donors (Lipinski definition) is 3. The van der Waals surface area contributed by atoms with Crippen LogP contribution in [0.15, 0.2) is 15.6 Å². The molecule has 0 spiro atoms. The molecule has 1 saturated carbocycles. The molecule has 0 unspecified atom stereocenters. The Kier molecular flexibility index (Phi) is 4.30. The molecular weight excluding hydrogens is 312 g/mol. The second-order valence-electron chi connectivity index (χ2n) is 5.40. The number of rotatable bonds is 6. The highest BCUT2D eigenvalue weighted by Crippen LogP contribution is 2.35. The topological polar surface area (TPSA) is 126 Å². The Morgan fingerprint density at radius 2 is 2.05 bits per heavy atom. The first-order valence-corrected chi connectivity index (χ1v) is 8.26. The summed E-state index contributed by atoms with van der Waals surface area (Å²) in [6, 6.07) is 1.14. The fourth-order valence-corrected chi connectivity index (χ4v) is 3.17. The monoisotopic (exact) mass is 330 g/mol. The highest BCUT2D eigenvalue weighted by atomic mass is 32.2. The van der Waals surface area contributed by atoms with Crippen molar-refractivity contribution >= 4 is 21.9 Å². The van der Waals surface area contributed by atoms with Gasteiger partial charge >= 0.3 is 5.97 Å². The Hall–Kier alpha value is -1.87. The number of aryl methyl sites for hydroxylation is 1. The number of nitrogens with one attached hydrogen (secondary N) is 2. The molecule has 1 fully saturated rings. The van der Waals surface area contributed by atoms with Gasteiger partial charge in [0.1, 0.15) is 5.76 Å². The van der Waals surface area contributed by atoms with Gasteiger partial charge in [-0.3, -0.25) is 9.59 Å². The van der Waals surface area contributed by atoms with Gasteiger partial charge in [0, 0.05) is 6.07 Å². The average Bonchev–Trinajstić information content (AvgIpc) is 2.78. The first kappa shape index (κ1) is 16.5. The van der Waals surface area contributed by atoms with Crippen LogP contribution in [0.25, 0.3) is 0 Å². The SMILES string of the molecule is CNS(=O)(=O)c1cc(C(=O)NC2(CC(=O)O)CCC2)c(C)o1. The average molecular weight is 330 g/mol. The molecule has 0 atom stereocenters. The summed E-state index contributed by atoms with van der Waals surface area (Å²) in [5, 5.41) is 11.3. The summed E-state index contributed by atoms with van der Waals surface area (Å²) in [6.45, 7) is 1.48. The molecule has 0 saturated heterocycles. The molecule has 0 aromatic carbocycles. The predicted molar refractivity (Wildman–Crippen MR) is 76.0 cm³/mol. The Labute approximate surface area is 127 Å². The van der Waals surface area contributed by atoms with Gasteiger partial charge in [0.25, 0.3) is 15.9 Å². The van der Waals surface area contributed by atoms with Crippen molar-refractivity contribution in [3.05, 3.63) is 17.4 Å². The summed E-state index contributed by atoms with van der Waals surface area (Å²) < 4.78 is 30.6. The van der Waals surface area contributed by atoms with Gasteiger partial charge in [-0.25, -0.2) is 13.1 Å². The Morgan fingerprint density at radius 1 is 1.41 bits per heavy atom. The molecule has 0 bridgehead atoms. The number of carboxylic acid groups (broad SMARTS) is 1. The molecule has 1 aliphatic carbocycles. The van der Waals surface area contributed by atoms with Crippen LogP contribution in [0.1, 0.15) is 41.8 Å². The lowest BCUT2D eigenvalue weighted by molar-refractivity contribution is -0.139. The van der Waals surface area contributed by atoms with Gasteiger partial charge < -0.3 is 14.8 Å². The van der Waals surface area contributed by atoms with E-state index in [-0.39, 0.29) is 22.8 Å². The zero-order valence-corrected chi connectivity index (χ0v) is 13.1. The summed E-state index contributed by atoms with van der Waals surface area (Å²) in [4.78, 5) is 23.2. The van der Waals surface area contributed by atoms with E-state index in [0.717, 1.165) is 12.5 Å². The van der Waals surface area contributed by atoms with Crippen LogP contribution in [-0.2, 0) is 14.8 Å². The summed E-state index contributed by atoms with van der Waals surface area (Å²) >= 11 is 0. The third kappa shape index (κ3) is 3.14. The molecule has 3 N–H and O–H groups in total. The van der Waals surface area contributed by atoms with Crippen molar-refractivity contribution in [3.63, 3.8) is 0 Å². The number of carboxylic acids is 1. The quantitative estimate of drug-likeness (QED) is 0.702. The lowest BCUT2D eigenvalue weighted by atomic mass is 9.74. The second-order valence-corrected chi connectivity index (χ2v) is 7.22. The van der Waals surface area contributed by atoms with Crippen LogP contribution >= 0.6 is 0 Å². The van der Waals surface area contributed by atoms with Gasteiger partial charge in [0.2, 0.25) is 5.09 Å². The molecule has 1 amide bonds. The Balaban J connectivity index is 2.22. The number of hydrogen-bond acceptors (Lipinski definition) is 5. The molecular formula is C13H18N2O6S.